The van der Waals surface area contributed by atoms with Crippen LogP contribution in [0.5, 0.6) is 0 Å². The molecule has 0 amide bonds. The van der Waals surface area contributed by atoms with E-state index >= 15 is 0 Å². The molecule has 0 saturated carbocycles. The summed E-state index contributed by atoms with van der Waals surface area (Å²) in [6, 6.07) is 10.9. The van der Waals surface area contributed by atoms with Gasteiger partial charge in [-0.05, 0) is 82.3 Å². The van der Waals surface area contributed by atoms with Gasteiger partial charge in [0.2, 0.25) is 0 Å². The van der Waals surface area contributed by atoms with Crippen molar-refractivity contribution >= 4 is 39.4 Å². The molecular weight excluding hydrogens is 558 g/mol. The molecule has 1 fully saturated rings. The number of ether oxygens (including phenoxy) is 1. The Morgan fingerprint density at radius 1 is 1.22 bits per heavy atom. The van der Waals surface area contributed by atoms with E-state index in [0.717, 1.165) is 87.0 Å². The van der Waals surface area contributed by atoms with Crippen LogP contribution >= 0.6 is 0 Å². The predicted molar refractivity (Wildman–Crippen MR) is 193 cm³/mol. The number of hydrogen-bond acceptors (Lipinski definition) is 7. The number of nitrogens with zero attached hydrogens (tertiary/aromatic N) is 4. The molecule has 0 radical (unpaired) electrons. The maximum Gasteiger partial charge on any atom is 0.122 e. The summed E-state index contributed by atoms with van der Waals surface area (Å²) < 4.78 is 8.15. The van der Waals surface area contributed by atoms with Crippen LogP contribution in [0, 0.1) is 5.92 Å². The number of benzene rings is 2. The summed E-state index contributed by atoms with van der Waals surface area (Å²) in [6.07, 6.45) is 12.5. The third-order valence-electron chi connectivity index (χ3n) is 9.31. The van der Waals surface area contributed by atoms with Crippen LogP contribution in [-0.2, 0) is 17.7 Å². The van der Waals surface area contributed by atoms with Crippen molar-refractivity contribution in [1.82, 2.24) is 9.47 Å². The number of rotatable bonds is 15. The van der Waals surface area contributed by atoms with Crippen molar-refractivity contribution in [3.05, 3.63) is 72.0 Å². The lowest BCUT2D eigenvalue weighted by atomic mass is 9.92. The highest BCUT2D eigenvalue weighted by atomic mass is 16.5. The van der Waals surface area contributed by atoms with Crippen molar-refractivity contribution in [2.45, 2.75) is 58.2 Å². The van der Waals surface area contributed by atoms with Crippen LogP contribution in [0.1, 0.15) is 50.2 Å². The van der Waals surface area contributed by atoms with E-state index in [1.165, 1.54) is 34.0 Å². The number of nitrogens with two attached hydrogens (primary N) is 1. The van der Waals surface area contributed by atoms with Crippen molar-refractivity contribution in [2.24, 2.45) is 10.9 Å². The van der Waals surface area contributed by atoms with Crippen LogP contribution in [0.3, 0.4) is 0 Å². The lowest BCUT2D eigenvalue weighted by molar-refractivity contribution is 0.184. The average molecular weight is 612 g/mol. The Bertz CT molecular complexity index is 1530. The van der Waals surface area contributed by atoms with E-state index in [9.17, 15) is 0 Å². The third kappa shape index (κ3) is 7.56. The normalized spacial score (nSPS) is 17.6. The maximum absolute atomic E-state index is 6.66. The minimum absolute atomic E-state index is 0.224. The van der Waals surface area contributed by atoms with Crippen LogP contribution < -0.4 is 21.3 Å². The summed E-state index contributed by atoms with van der Waals surface area (Å²) in [5.74, 6) is 0.605. The molecule has 5 rings (SSSR count). The fraction of sp³-hybridized carbons (Fsp3) is 0.486. The van der Waals surface area contributed by atoms with Gasteiger partial charge in [-0.25, -0.2) is 0 Å². The fourth-order valence-electron chi connectivity index (χ4n) is 6.71. The number of anilines is 4. The van der Waals surface area contributed by atoms with Gasteiger partial charge in [-0.2, -0.15) is 0 Å². The molecule has 3 aromatic rings. The minimum atomic E-state index is -0.224. The van der Waals surface area contributed by atoms with Crippen LogP contribution in [-0.4, -0.2) is 75.8 Å². The van der Waals surface area contributed by atoms with Crippen molar-refractivity contribution < 1.29 is 4.74 Å². The topological polar surface area (TPSA) is 83.1 Å². The van der Waals surface area contributed by atoms with Crippen LogP contribution in [0.15, 0.2) is 65.8 Å². The van der Waals surface area contributed by atoms with Gasteiger partial charge in [0.15, 0.2) is 0 Å². The zero-order valence-corrected chi connectivity index (χ0v) is 28.0. The van der Waals surface area contributed by atoms with Crippen LogP contribution in [0.25, 0.3) is 10.9 Å². The molecule has 2 aliphatic rings. The first-order valence-electron chi connectivity index (χ1n) is 16.6. The molecule has 3 heterocycles. The first kappa shape index (κ1) is 32.6. The molecule has 2 aromatic carbocycles. The predicted octanol–water partition coefficient (Wildman–Crippen LogP) is 6.78. The van der Waals surface area contributed by atoms with Crippen molar-refractivity contribution in [3.63, 3.8) is 0 Å². The molecule has 1 aromatic heterocycles. The SMILES string of the molecule is C=CCC(/N=C(\C(=C/C)CCC1CCOC1)c1cn2c3c(cccc13)CCC2)Nc1cc(N)c(N(C)CCN(C)C)cc1NC. The number of para-hydroxylation sites is 1. The highest BCUT2D eigenvalue weighted by Gasteiger charge is 2.24. The standard InChI is InChI=1S/C37H53N7O/c1-7-11-35(40-33-22-31(38)34(23-32(33)39-3)43(6)20-19-42(4)5)41-36(27(8-2)16-15-26-17-21-45-25-26)30-24-44-18-10-13-28-12-9-14-29(30)37(28)44/h7-9,12,14,22-24,26,35,39-40H,1,10-11,13,15-21,25,38H2,2-6H3/b27-8-,41-36+. The first-order valence-corrected chi connectivity index (χ1v) is 16.6. The Kier molecular flexibility index (Phi) is 10.9. The summed E-state index contributed by atoms with van der Waals surface area (Å²) in [7, 11) is 8.22. The lowest BCUT2D eigenvalue weighted by Crippen LogP contribution is -2.29. The van der Waals surface area contributed by atoms with Gasteiger partial charge in [-0.15, -0.1) is 6.58 Å². The van der Waals surface area contributed by atoms with Gasteiger partial charge in [-0.3, -0.25) is 4.99 Å². The van der Waals surface area contributed by atoms with Crippen molar-refractivity contribution in [2.75, 3.05) is 75.8 Å². The Morgan fingerprint density at radius 2 is 2.07 bits per heavy atom. The second-order valence-corrected chi connectivity index (χ2v) is 12.8. The van der Waals surface area contributed by atoms with Gasteiger partial charge in [0.25, 0.3) is 0 Å². The zero-order valence-electron chi connectivity index (χ0n) is 28.0. The van der Waals surface area contributed by atoms with Gasteiger partial charge < -0.3 is 35.5 Å². The molecule has 4 N–H and O–H groups in total. The number of hydrogen-bond donors (Lipinski definition) is 3. The summed E-state index contributed by atoms with van der Waals surface area (Å²) in [5.41, 5.74) is 16.7. The molecule has 2 unspecified atom stereocenters. The number of aryl methyl sites for hydroxylation is 2. The van der Waals surface area contributed by atoms with E-state index in [2.05, 4.69) is 96.2 Å². The van der Waals surface area contributed by atoms with Gasteiger partial charge in [0.1, 0.15) is 6.17 Å². The van der Waals surface area contributed by atoms with Crippen molar-refractivity contribution in [3.8, 4) is 0 Å². The number of nitrogen functional groups attached to an aromatic ring is 1. The lowest BCUT2D eigenvalue weighted by Gasteiger charge is -2.26. The molecule has 8 nitrogen and oxygen atoms in total. The largest absolute Gasteiger partial charge is 0.397 e. The molecule has 0 bridgehead atoms. The molecule has 0 spiro atoms. The molecule has 0 aliphatic carbocycles. The summed E-state index contributed by atoms with van der Waals surface area (Å²) in [6.45, 7) is 10.9. The van der Waals surface area contributed by atoms with E-state index in [-0.39, 0.29) is 6.17 Å². The Morgan fingerprint density at radius 3 is 2.78 bits per heavy atom. The number of aromatic nitrogens is 1. The average Bonchev–Trinajstić information content (AvgIpc) is 3.69. The fourth-order valence-corrected chi connectivity index (χ4v) is 6.71. The highest BCUT2D eigenvalue weighted by Crippen LogP contribution is 2.36. The smallest absolute Gasteiger partial charge is 0.122 e. The second kappa shape index (κ2) is 15.0. The summed E-state index contributed by atoms with van der Waals surface area (Å²) in [5, 5.41) is 8.43. The zero-order chi connectivity index (χ0) is 31.9. The van der Waals surface area contributed by atoms with E-state index in [1.54, 1.807) is 0 Å². The monoisotopic (exact) mass is 611 g/mol. The molecular formula is C37H53N7O. The molecule has 45 heavy (non-hydrogen) atoms. The molecule has 242 valence electrons. The summed E-state index contributed by atoms with van der Waals surface area (Å²) in [4.78, 5) is 9.93. The highest BCUT2D eigenvalue weighted by molar-refractivity contribution is 6.19. The molecule has 8 heteroatoms. The first-order chi connectivity index (χ1) is 21.8. The van der Waals surface area contributed by atoms with E-state index in [0.29, 0.717) is 12.3 Å². The van der Waals surface area contributed by atoms with Crippen molar-refractivity contribution in [1.29, 1.82) is 0 Å². The number of likely N-dealkylation sites (N-methyl/N-ethyl adjacent to an activating group) is 2. The number of aliphatic imine (C=N–C) groups is 1. The van der Waals surface area contributed by atoms with Crippen LogP contribution in [0.2, 0.25) is 0 Å². The van der Waals surface area contributed by atoms with Gasteiger partial charge in [-0.1, -0.05) is 30.4 Å². The maximum atomic E-state index is 6.66. The molecule has 2 atom stereocenters. The minimum Gasteiger partial charge on any atom is -0.397 e. The molecule has 2 aliphatic heterocycles. The van der Waals surface area contributed by atoms with Gasteiger partial charge >= 0.3 is 0 Å². The second-order valence-electron chi connectivity index (χ2n) is 12.8. The Labute approximate surface area is 270 Å². The van der Waals surface area contributed by atoms with Crippen LogP contribution in [0.4, 0.5) is 22.7 Å². The third-order valence-corrected chi connectivity index (χ3v) is 9.31. The number of nitrogens with one attached hydrogen (secondary N) is 2. The summed E-state index contributed by atoms with van der Waals surface area (Å²) >= 11 is 0. The Balaban J connectivity index is 1.53. The molecule has 1 saturated heterocycles. The van der Waals surface area contributed by atoms with E-state index in [4.69, 9.17) is 15.5 Å². The van der Waals surface area contributed by atoms with E-state index < -0.39 is 0 Å². The van der Waals surface area contributed by atoms with Gasteiger partial charge in [0, 0.05) is 70.5 Å². The number of allylic oxidation sites excluding steroid dienone is 2. The quantitative estimate of drug-likeness (QED) is 0.0999. The van der Waals surface area contributed by atoms with Gasteiger partial charge in [0.05, 0.1) is 34.0 Å². The van der Waals surface area contributed by atoms with E-state index in [1.807, 2.05) is 19.2 Å². The Hall–Kier alpha value is -3.75.